The molecular formula is C24H25N3O3S. The van der Waals surface area contributed by atoms with Crippen LogP contribution in [0.2, 0.25) is 0 Å². The van der Waals surface area contributed by atoms with Gasteiger partial charge >= 0.3 is 0 Å². The maximum Gasteiger partial charge on any atom is 0.238 e. The topological polar surface area (TPSA) is 65.4 Å². The molecule has 1 aliphatic rings. The lowest BCUT2D eigenvalue weighted by Crippen LogP contribution is -2.22. The van der Waals surface area contributed by atoms with Crippen molar-refractivity contribution in [2.24, 2.45) is 0 Å². The van der Waals surface area contributed by atoms with Crippen LogP contribution in [-0.4, -0.2) is 34.7 Å². The molecule has 0 saturated heterocycles. The summed E-state index contributed by atoms with van der Waals surface area (Å²) >= 11 is 1.60. The molecule has 0 spiro atoms. The predicted molar refractivity (Wildman–Crippen MR) is 125 cm³/mol. The number of ether oxygens (including phenoxy) is 2. The van der Waals surface area contributed by atoms with Gasteiger partial charge in [0, 0.05) is 5.56 Å². The molecule has 2 heterocycles. The summed E-state index contributed by atoms with van der Waals surface area (Å²) in [4.78, 5) is 12.8. The van der Waals surface area contributed by atoms with Gasteiger partial charge in [0.05, 0.1) is 29.0 Å². The Hall–Kier alpha value is -3.19. The molecule has 1 aromatic heterocycles. The van der Waals surface area contributed by atoms with Gasteiger partial charge < -0.3 is 14.8 Å². The van der Waals surface area contributed by atoms with E-state index in [1.54, 1.807) is 24.9 Å². The zero-order chi connectivity index (χ0) is 22.0. The van der Waals surface area contributed by atoms with Crippen LogP contribution in [0.1, 0.15) is 29.0 Å². The number of hydrogen-bond acceptors (Lipinski definition) is 5. The summed E-state index contributed by atoms with van der Waals surface area (Å²) in [5, 5.41) is 7.54. The number of nitrogens with one attached hydrogen (secondary N) is 1. The van der Waals surface area contributed by atoms with Gasteiger partial charge in [0.15, 0.2) is 11.5 Å². The van der Waals surface area contributed by atoms with Crippen molar-refractivity contribution >= 4 is 23.5 Å². The van der Waals surface area contributed by atoms with Gasteiger partial charge in [0.2, 0.25) is 5.91 Å². The summed E-state index contributed by atoms with van der Waals surface area (Å²) in [7, 11) is 1.62. The lowest BCUT2D eigenvalue weighted by molar-refractivity contribution is -0.115. The molecule has 0 saturated carbocycles. The van der Waals surface area contributed by atoms with Crippen LogP contribution in [0.3, 0.4) is 0 Å². The van der Waals surface area contributed by atoms with Gasteiger partial charge in [-0.15, -0.1) is 11.8 Å². The van der Waals surface area contributed by atoms with E-state index in [-0.39, 0.29) is 16.4 Å². The number of aryl methyl sites for hydroxylation is 1. The smallest absolute Gasteiger partial charge is 0.238 e. The monoisotopic (exact) mass is 435 g/mol. The number of carbonyl (C=O) groups excluding carboxylic acids is 1. The highest BCUT2D eigenvalue weighted by Crippen LogP contribution is 2.47. The van der Waals surface area contributed by atoms with Crippen molar-refractivity contribution < 1.29 is 14.3 Å². The van der Waals surface area contributed by atoms with Crippen molar-refractivity contribution in [1.29, 1.82) is 0 Å². The molecule has 7 heteroatoms. The number of carbonyl (C=O) groups is 1. The van der Waals surface area contributed by atoms with Crippen LogP contribution >= 0.6 is 11.8 Å². The maximum absolute atomic E-state index is 12.8. The zero-order valence-electron chi connectivity index (χ0n) is 17.8. The Morgan fingerprint density at radius 3 is 2.71 bits per heavy atom. The SMILES string of the molecule is C=CCOc1ccc([C@@H]2S[C@@H](C)C(=O)Nc3c2c(C)nn3-c2ccccc2)cc1OC. The molecule has 0 unspecified atom stereocenters. The quantitative estimate of drug-likeness (QED) is 0.557. The Balaban J connectivity index is 1.84. The van der Waals surface area contributed by atoms with Gasteiger partial charge in [-0.25, -0.2) is 4.68 Å². The van der Waals surface area contributed by atoms with Crippen molar-refractivity contribution in [3.05, 3.63) is 78.0 Å². The van der Waals surface area contributed by atoms with E-state index in [0.717, 1.165) is 22.5 Å². The molecule has 3 aromatic rings. The first-order valence-electron chi connectivity index (χ1n) is 10.1. The maximum atomic E-state index is 12.8. The van der Waals surface area contributed by atoms with Gasteiger partial charge in [-0.3, -0.25) is 4.79 Å². The summed E-state index contributed by atoms with van der Waals surface area (Å²) in [6.45, 7) is 7.99. The largest absolute Gasteiger partial charge is 0.493 e. The first kappa shape index (κ1) is 21.1. The number of methoxy groups -OCH3 is 1. The predicted octanol–water partition coefficient (Wildman–Crippen LogP) is 4.92. The minimum Gasteiger partial charge on any atom is -0.493 e. The first-order chi connectivity index (χ1) is 15.0. The second-order valence-corrected chi connectivity index (χ2v) is 8.70. The number of hydrogen-bond donors (Lipinski definition) is 1. The van der Waals surface area contributed by atoms with Crippen LogP contribution in [0.5, 0.6) is 11.5 Å². The van der Waals surface area contributed by atoms with E-state index in [4.69, 9.17) is 14.6 Å². The van der Waals surface area contributed by atoms with Crippen LogP contribution in [0, 0.1) is 6.92 Å². The van der Waals surface area contributed by atoms with Crippen LogP contribution in [-0.2, 0) is 4.79 Å². The second-order valence-electron chi connectivity index (χ2n) is 7.25. The highest BCUT2D eigenvalue weighted by molar-refractivity contribution is 8.01. The molecule has 0 fully saturated rings. The average Bonchev–Trinajstić information content (AvgIpc) is 3.04. The number of aromatic nitrogens is 2. The number of amides is 1. The number of fused-ring (bicyclic) bond motifs is 1. The molecule has 2 aromatic carbocycles. The van der Waals surface area contributed by atoms with E-state index >= 15 is 0 Å². The minimum atomic E-state index is -0.233. The molecule has 2 atom stereocenters. The van der Waals surface area contributed by atoms with E-state index < -0.39 is 0 Å². The van der Waals surface area contributed by atoms with E-state index in [0.29, 0.717) is 23.9 Å². The van der Waals surface area contributed by atoms with Crippen LogP contribution in [0.25, 0.3) is 5.69 Å². The molecule has 4 rings (SSSR count). The summed E-state index contributed by atoms with van der Waals surface area (Å²) in [5.41, 5.74) is 3.79. The number of benzene rings is 2. The molecule has 0 radical (unpaired) electrons. The van der Waals surface area contributed by atoms with Gasteiger partial charge in [-0.2, -0.15) is 5.10 Å². The van der Waals surface area contributed by atoms with Gasteiger partial charge in [0.25, 0.3) is 0 Å². The molecule has 0 bridgehead atoms. The van der Waals surface area contributed by atoms with E-state index in [2.05, 4.69) is 11.9 Å². The Kier molecular flexibility index (Phi) is 6.04. The highest BCUT2D eigenvalue weighted by Gasteiger charge is 2.34. The fraction of sp³-hybridized carbons (Fsp3) is 0.250. The third-order valence-electron chi connectivity index (χ3n) is 5.17. The fourth-order valence-electron chi connectivity index (χ4n) is 3.64. The molecule has 31 heavy (non-hydrogen) atoms. The van der Waals surface area contributed by atoms with Crippen LogP contribution < -0.4 is 14.8 Å². The normalized spacial score (nSPS) is 18.0. The molecule has 1 N–H and O–H groups in total. The van der Waals surface area contributed by atoms with Gasteiger partial charge in [0.1, 0.15) is 12.4 Å². The van der Waals surface area contributed by atoms with Crippen LogP contribution in [0.4, 0.5) is 5.82 Å². The summed E-state index contributed by atoms with van der Waals surface area (Å²) in [6.07, 6.45) is 1.70. The molecule has 6 nitrogen and oxygen atoms in total. The summed E-state index contributed by atoms with van der Waals surface area (Å²) < 4.78 is 13.1. The Bertz CT molecular complexity index is 1110. The minimum absolute atomic E-state index is 0.0382. The Labute approximate surface area is 186 Å². The van der Waals surface area contributed by atoms with E-state index in [9.17, 15) is 4.79 Å². The molecule has 160 valence electrons. The zero-order valence-corrected chi connectivity index (χ0v) is 18.6. The van der Waals surface area contributed by atoms with Crippen molar-refractivity contribution in [2.45, 2.75) is 24.3 Å². The lowest BCUT2D eigenvalue weighted by atomic mass is 10.0. The Morgan fingerprint density at radius 1 is 1.23 bits per heavy atom. The van der Waals surface area contributed by atoms with Crippen molar-refractivity contribution in [3.63, 3.8) is 0 Å². The second kappa shape index (κ2) is 8.89. The highest BCUT2D eigenvalue weighted by atomic mass is 32.2. The number of para-hydroxylation sites is 1. The fourth-order valence-corrected chi connectivity index (χ4v) is 4.96. The van der Waals surface area contributed by atoms with Gasteiger partial charge in [-0.05, 0) is 43.7 Å². The molecular weight excluding hydrogens is 410 g/mol. The Morgan fingerprint density at radius 2 is 2.00 bits per heavy atom. The number of thioether (sulfide) groups is 1. The number of rotatable bonds is 6. The summed E-state index contributed by atoms with van der Waals surface area (Å²) in [6, 6.07) is 15.7. The average molecular weight is 436 g/mol. The summed E-state index contributed by atoms with van der Waals surface area (Å²) in [5.74, 6) is 1.97. The third-order valence-corrected chi connectivity index (χ3v) is 6.57. The number of nitrogens with zero attached hydrogens (tertiary/aromatic N) is 2. The molecule has 1 amide bonds. The van der Waals surface area contributed by atoms with Crippen molar-refractivity contribution in [1.82, 2.24) is 9.78 Å². The third kappa shape index (κ3) is 4.05. The lowest BCUT2D eigenvalue weighted by Gasteiger charge is -2.19. The van der Waals surface area contributed by atoms with Crippen molar-refractivity contribution in [2.75, 3.05) is 19.0 Å². The van der Waals surface area contributed by atoms with E-state index in [1.165, 1.54) is 0 Å². The first-order valence-corrected chi connectivity index (χ1v) is 11.0. The van der Waals surface area contributed by atoms with Gasteiger partial charge in [-0.1, -0.05) is 36.9 Å². The van der Waals surface area contributed by atoms with Crippen molar-refractivity contribution in [3.8, 4) is 17.2 Å². The molecule has 1 aliphatic heterocycles. The van der Waals surface area contributed by atoms with Crippen LogP contribution in [0.15, 0.2) is 61.2 Å². The van der Waals surface area contributed by atoms with E-state index in [1.807, 2.05) is 67.1 Å². The molecule has 0 aliphatic carbocycles. The standard InChI is InChI=1S/C24H25N3O3S/c1-5-13-30-19-12-11-17(14-20(19)29-4)22-21-15(2)26-27(18-9-7-6-8-10-18)23(21)25-24(28)16(3)31-22/h5-12,14,16,22H,1,13H2,2-4H3,(H,25,28)/t16-,22-/m0/s1. The number of anilines is 1.